The molecule has 1 aliphatic rings. The Balaban J connectivity index is 2.71. The minimum absolute atomic E-state index is 0.207. The van der Waals surface area contributed by atoms with Crippen molar-refractivity contribution in [1.82, 2.24) is 0 Å². The molecule has 0 amide bonds. The standard InChI is InChI=1S/C8H18N2O2S/c1-2-13(11,12)7-3-4-8(10,5-7)6-9/h7H,2-6,9-10H2,1H3/t7-,8-/m1/s1. The molecule has 1 saturated carbocycles. The highest BCUT2D eigenvalue weighted by Gasteiger charge is 2.40. The first-order valence-corrected chi connectivity index (χ1v) is 6.35. The number of rotatable bonds is 3. The Hall–Kier alpha value is -0.130. The van der Waals surface area contributed by atoms with Crippen LogP contribution in [0.25, 0.3) is 0 Å². The summed E-state index contributed by atoms with van der Waals surface area (Å²) in [6, 6.07) is 0. The molecule has 4 nitrogen and oxygen atoms in total. The van der Waals surface area contributed by atoms with Gasteiger partial charge < -0.3 is 11.5 Å². The minimum atomic E-state index is -2.91. The summed E-state index contributed by atoms with van der Waals surface area (Å²) in [6.07, 6.45) is 1.93. The lowest BCUT2D eigenvalue weighted by atomic mass is 10.0. The van der Waals surface area contributed by atoms with Gasteiger partial charge in [0.15, 0.2) is 9.84 Å². The lowest BCUT2D eigenvalue weighted by molar-refractivity contribution is 0.450. The number of sulfone groups is 1. The van der Waals surface area contributed by atoms with E-state index in [0.717, 1.165) is 6.42 Å². The zero-order chi connectivity index (χ0) is 10.1. The Kier molecular flexibility index (Phi) is 2.99. The fraction of sp³-hybridized carbons (Fsp3) is 1.00. The molecule has 5 heteroatoms. The third-order valence-corrected chi connectivity index (χ3v) is 5.14. The van der Waals surface area contributed by atoms with Gasteiger partial charge in [0.05, 0.1) is 5.25 Å². The van der Waals surface area contributed by atoms with Gasteiger partial charge in [0.25, 0.3) is 0 Å². The van der Waals surface area contributed by atoms with E-state index in [-0.39, 0.29) is 11.0 Å². The molecule has 0 heterocycles. The van der Waals surface area contributed by atoms with Crippen LogP contribution in [-0.4, -0.2) is 31.5 Å². The summed E-state index contributed by atoms with van der Waals surface area (Å²) in [5.41, 5.74) is 11.0. The van der Waals surface area contributed by atoms with E-state index in [0.29, 0.717) is 19.4 Å². The van der Waals surface area contributed by atoms with Gasteiger partial charge in [0.1, 0.15) is 0 Å². The van der Waals surface area contributed by atoms with E-state index in [4.69, 9.17) is 11.5 Å². The molecule has 4 N–H and O–H groups in total. The number of hydrogen-bond acceptors (Lipinski definition) is 4. The summed E-state index contributed by atoms with van der Waals surface area (Å²) >= 11 is 0. The molecule has 0 bridgehead atoms. The van der Waals surface area contributed by atoms with Gasteiger partial charge in [0.2, 0.25) is 0 Å². The van der Waals surface area contributed by atoms with E-state index in [1.165, 1.54) is 0 Å². The summed E-state index contributed by atoms with van der Waals surface area (Å²) in [5.74, 6) is 0.207. The van der Waals surface area contributed by atoms with Crippen LogP contribution in [0.2, 0.25) is 0 Å². The summed E-state index contributed by atoms with van der Waals surface area (Å²) in [4.78, 5) is 0. The lowest BCUT2D eigenvalue weighted by Gasteiger charge is -2.21. The van der Waals surface area contributed by atoms with Gasteiger partial charge >= 0.3 is 0 Å². The monoisotopic (exact) mass is 206 g/mol. The molecule has 0 spiro atoms. The Morgan fingerprint density at radius 1 is 1.54 bits per heavy atom. The van der Waals surface area contributed by atoms with Crippen molar-refractivity contribution in [2.24, 2.45) is 11.5 Å². The van der Waals surface area contributed by atoms with Crippen LogP contribution in [0.5, 0.6) is 0 Å². The van der Waals surface area contributed by atoms with Crippen LogP contribution in [-0.2, 0) is 9.84 Å². The predicted molar refractivity (Wildman–Crippen MR) is 53.1 cm³/mol. The first-order chi connectivity index (χ1) is 5.93. The highest BCUT2D eigenvalue weighted by atomic mass is 32.2. The van der Waals surface area contributed by atoms with Crippen molar-refractivity contribution in [3.05, 3.63) is 0 Å². The first-order valence-electron chi connectivity index (χ1n) is 4.64. The van der Waals surface area contributed by atoms with Crippen molar-refractivity contribution in [2.45, 2.75) is 37.0 Å². The maximum Gasteiger partial charge on any atom is 0.152 e. The Labute approximate surface area is 79.6 Å². The first kappa shape index (κ1) is 10.9. The second-order valence-electron chi connectivity index (χ2n) is 3.88. The predicted octanol–water partition coefficient (Wildman–Crippen LogP) is -0.370. The molecule has 0 radical (unpaired) electrons. The van der Waals surface area contributed by atoms with Crippen molar-refractivity contribution in [2.75, 3.05) is 12.3 Å². The maximum absolute atomic E-state index is 11.5. The van der Waals surface area contributed by atoms with Gasteiger partial charge in [-0.2, -0.15) is 0 Å². The average molecular weight is 206 g/mol. The van der Waals surface area contributed by atoms with E-state index < -0.39 is 15.4 Å². The van der Waals surface area contributed by atoms with Crippen LogP contribution in [0, 0.1) is 0 Å². The number of nitrogens with two attached hydrogens (primary N) is 2. The maximum atomic E-state index is 11.5. The molecule has 1 aliphatic carbocycles. The Morgan fingerprint density at radius 2 is 2.15 bits per heavy atom. The van der Waals surface area contributed by atoms with Gasteiger partial charge in [-0.3, -0.25) is 0 Å². The largest absolute Gasteiger partial charge is 0.329 e. The van der Waals surface area contributed by atoms with Crippen LogP contribution in [0.15, 0.2) is 0 Å². The average Bonchev–Trinajstić information content (AvgIpc) is 2.50. The lowest BCUT2D eigenvalue weighted by Crippen LogP contribution is -2.45. The molecule has 2 atom stereocenters. The van der Waals surface area contributed by atoms with Gasteiger partial charge in [-0.25, -0.2) is 8.42 Å². The van der Waals surface area contributed by atoms with E-state index in [9.17, 15) is 8.42 Å². The van der Waals surface area contributed by atoms with Crippen LogP contribution in [0.4, 0.5) is 0 Å². The van der Waals surface area contributed by atoms with Crippen molar-refractivity contribution >= 4 is 9.84 Å². The Morgan fingerprint density at radius 3 is 2.54 bits per heavy atom. The second kappa shape index (κ2) is 3.55. The van der Waals surface area contributed by atoms with E-state index >= 15 is 0 Å². The van der Waals surface area contributed by atoms with Crippen LogP contribution in [0.1, 0.15) is 26.2 Å². The Bertz CT molecular complexity index is 276. The second-order valence-corrected chi connectivity index (χ2v) is 6.45. The summed E-state index contributed by atoms with van der Waals surface area (Å²) < 4.78 is 23.0. The topological polar surface area (TPSA) is 86.2 Å². The summed E-state index contributed by atoms with van der Waals surface area (Å²) in [6.45, 7) is 2.05. The number of hydrogen-bond donors (Lipinski definition) is 2. The molecule has 78 valence electrons. The van der Waals surface area contributed by atoms with Gasteiger partial charge in [-0.1, -0.05) is 6.92 Å². The molecule has 0 aliphatic heterocycles. The fourth-order valence-corrected chi connectivity index (χ4v) is 3.37. The molecule has 0 saturated heterocycles. The third kappa shape index (κ3) is 2.21. The fourth-order valence-electron chi connectivity index (χ4n) is 1.83. The molecule has 13 heavy (non-hydrogen) atoms. The smallest absolute Gasteiger partial charge is 0.152 e. The van der Waals surface area contributed by atoms with Crippen molar-refractivity contribution in [3.8, 4) is 0 Å². The molecule has 1 rings (SSSR count). The molecular weight excluding hydrogens is 188 g/mol. The third-order valence-electron chi connectivity index (χ3n) is 2.92. The molecule has 0 aromatic carbocycles. The zero-order valence-electron chi connectivity index (χ0n) is 7.99. The van der Waals surface area contributed by atoms with Gasteiger partial charge in [0, 0.05) is 17.8 Å². The van der Waals surface area contributed by atoms with Crippen molar-refractivity contribution < 1.29 is 8.42 Å². The molecule has 0 aromatic rings. The van der Waals surface area contributed by atoms with E-state index in [1.807, 2.05) is 0 Å². The van der Waals surface area contributed by atoms with Crippen LogP contribution >= 0.6 is 0 Å². The zero-order valence-corrected chi connectivity index (χ0v) is 8.81. The van der Waals surface area contributed by atoms with E-state index in [2.05, 4.69) is 0 Å². The molecule has 0 aromatic heterocycles. The molecular formula is C8H18N2O2S. The highest BCUT2D eigenvalue weighted by molar-refractivity contribution is 7.92. The highest BCUT2D eigenvalue weighted by Crippen LogP contribution is 2.31. The summed E-state index contributed by atoms with van der Waals surface area (Å²) in [7, 11) is -2.91. The molecule has 1 fully saturated rings. The van der Waals surface area contributed by atoms with Gasteiger partial charge in [-0.15, -0.1) is 0 Å². The van der Waals surface area contributed by atoms with E-state index in [1.54, 1.807) is 6.92 Å². The minimum Gasteiger partial charge on any atom is -0.329 e. The van der Waals surface area contributed by atoms with Crippen molar-refractivity contribution in [3.63, 3.8) is 0 Å². The van der Waals surface area contributed by atoms with Crippen molar-refractivity contribution in [1.29, 1.82) is 0 Å². The summed E-state index contributed by atoms with van der Waals surface area (Å²) in [5, 5.41) is -0.258. The van der Waals surface area contributed by atoms with Gasteiger partial charge in [-0.05, 0) is 19.3 Å². The molecule has 0 unspecified atom stereocenters. The van der Waals surface area contributed by atoms with Crippen LogP contribution < -0.4 is 11.5 Å². The van der Waals surface area contributed by atoms with Crippen LogP contribution in [0.3, 0.4) is 0 Å². The normalized spacial score (nSPS) is 35.2. The SMILES string of the molecule is CCS(=O)(=O)[C@@H]1CC[C@](N)(CN)C1. The quantitative estimate of drug-likeness (QED) is 0.659.